The van der Waals surface area contributed by atoms with Crippen LogP contribution in [0.5, 0.6) is 0 Å². The fraction of sp³-hybridized carbons (Fsp3) is 0.400. The largest absolute Gasteiger partial charge is 0.339 e. The summed E-state index contributed by atoms with van der Waals surface area (Å²) in [5.41, 5.74) is 5.64. The third-order valence-electron chi connectivity index (χ3n) is 2.05. The molecule has 0 amide bonds. The second-order valence-electron chi connectivity index (χ2n) is 3.60. The van der Waals surface area contributed by atoms with Crippen molar-refractivity contribution in [1.82, 2.24) is 20.1 Å². The molecule has 0 aliphatic heterocycles. The first kappa shape index (κ1) is 10.7. The van der Waals surface area contributed by atoms with Crippen molar-refractivity contribution in [3.05, 3.63) is 24.4 Å². The predicted molar refractivity (Wildman–Crippen MR) is 57.3 cm³/mol. The second kappa shape index (κ2) is 4.80. The minimum Gasteiger partial charge on any atom is -0.339 e. The monoisotopic (exact) mass is 219 g/mol. The van der Waals surface area contributed by atoms with Gasteiger partial charge in [0.15, 0.2) is 0 Å². The average molecular weight is 219 g/mol. The quantitative estimate of drug-likeness (QED) is 0.818. The summed E-state index contributed by atoms with van der Waals surface area (Å²) in [5.74, 6) is 1.46. The van der Waals surface area contributed by atoms with Gasteiger partial charge in [0.1, 0.15) is 0 Å². The van der Waals surface area contributed by atoms with E-state index in [2.05, 4.69) is 20.1 Å². The van der Waals surface area contributed by atoms with Gasteiger partial charge in [0.25, 0.3) is 0 Å². The van der Waals surface area contributed by atoms with E-state index >= 15 is 0 Å². The molecule has 0 bridgehead atoms. The normalized spacial score (nSPS) is 12.6. The van der Waals surface area contributed by atoms with Crippen LogP contribution in [0.4, 0.5) is 0 Å². The fourth-order valence-corrected chi connectivity index (χ4v) is 1.21. The maximum atomic E-state index is 5.64. The molecule has 16 heavy (non-hydrogen) atoms. The first-order valence-corrected chi connectivity index (χ1v) is 5.11. The molecule has 0 saturated carbocycles. The van der Waals surface area contributed by atoms with Gasteiger partial charge in [-0.15, -0.1) is 0 Å². The van der Waals surface area contributed by atoms with Crippen LogP contribution in [0.3, 0.4) is 0 Å². The van der Waals surface area contributed by atoms with E-state index in [-0.39, 0.29) is 6.04 Å². The summed E-state index contributed by atoms with van der Waals surface area (Å²) < 4.78 is 5.07. The highest BCUT2D eigenvalue weighted by molar-refractivity contribution is 5.40. The number of hydrogen-bond donors (Lipinski definition) is 1. The zero-order valence-corrected chi connectivity index (χ0v) is 9.00. The number of hydrogen-bond acceptors (Lipinski definition) is 6. The lowest BCUT2D eigenvalue weighted by molar-refractivity contribution is 0.372. The minimum atomic E-state index is 0.128. The van der Waals surface area contributed by atoms with Crippen LogP contribution in [-0.4, -0.2) is 26.2 Å². The molecule has 84 valence electrons. The van der Waals surface area contributed by atoms with Gasteiger partial charge >= 0.3 is 0 Å². The van der Waals surface area contributed by atoms with Crippen LogP contribution >= 0.6 is 0 Å². The first-order chi connectivity index (χ1) is 7.75. The molecule has 2 rings (SSSR count). The Morgan fingerprint density at radius 3 is 2.75 bits per heavy atom. The molecule has 6 nitrogen and oxygen atoms in total. The zero-order valence-electron chi connectivity index (χ0n) is 9.00. The Balaban J connectivity index is 2.08. The molecule has 2 heterocycles. The summed E-state index contributed by atoms with van der Waals surface area (Å²) in [6, 6.07) is 1.86. The molecule has 2 N–H and O–H groups in total. The Hall–Kier alpha value is -1.82. The van der Waals surface area contributed by atoms with E-state index in [0.717, 1.165) is 6.42 Å². The molecule has 0 spiro atoms. The van der Waals surface area contributed by atoms with Crippen molar-refractivity contribution in [2.75, 3.05) is 0 Å². The Morgan fingerprint density at radius 2 is 2.06 bits per heavy atom. The molecule has 2 aromatic rings. The third kappa shape index (κ3) is 2.60. The van der Waals surface area contributed by atoms with E-state index in [1.54, 1.807) is 18.5 Å². The van der Waals surface area contributed by atoms with E-state index < -0.39 is 0 Å². The number of nitrogens with zero attached hydrogens (tertiary/aromatic N) is 4. The van der Waals surface area contributed by atoms with Gasteiger partial charge in [-0.25, -0.2) is 9.97 Å². The lowest BCUT2D eigenvalue weighted by Crippen LogP contribution is -2.15. The van der Waals surface area contributed by atoms with Gasteiger partial charge in [0, 0.05) is 24.9 Å². The van der Waals surface area contributed by atoms with Gasteiger partial charge in [-0.2, -0.15) is 4.98 Å². The summed E-state index contributed by atoms with van der Waals surface area (Å²) in [6.07, 6.45) is 4.77. The Kier molecular flexibility index (Phi) is 3.21. The molecule has 0 fully saturated rings. The lowest BCUT2D eigenvalue weighted by atomic mass is 10.2. The lowest BCUT2D eigenvalue weighted by Gasteiger charge is -1.99. The number of rotatable bonds is 4. The maximum Gasteiger partial charge on any atom is 0.240 e. The predicted octanol–water partition coefficient (Wildman–Crippen LogP) is 0.806. The van der Waals surface area contributed by atoms with E-state index in [1.165, 1.54) is 0 Å². The van der Waals surface area contributed by atoms with E-state index in [9.17, 15) is 0 Å². The Morgan fingerprint density at radius 1 is 1.31 bits per heavy atom. The van der Waals surface area contributed by atoms with E-state index in [0.29, 0.717) is 24.0 Å². The van der Waals surface area contributed by atoms with E-state index in [1.807, 2.05) is 6.92 Å². The van der Waals surface area contributed by atoms with Gasteiger partial charge in [0.2, 0.25) is 17.5 Å². The molecule has 6 heteroatoms. The topological polar surface area (TPSA) is 90.7 Å². The van der Waals surface area contributed by atoms with Crippen LogP contribution in [-0.2, 0) is 6.42 Å². The maximum absolute atomic E-state index is 5.64. The highest BCUT2D eigenvalue weighted by Crippen LogP contribution is 2.10. The molecule has 1 atom stereocenters. The summed E-state index contributed by atoms with van der Waals surface area (Å²) >= 11 is 0. The molecule has 0 aliphatic rings. The van der Waals surface area contributed by atoms with Crippen molar-refractivity contribution in [2.24, 2.45) is 5.73 Å². The third-order valence-corrected chi connectivity index (χ3v) is 2.05. The molecule has 0 aliphatic carbocycles. The van der Waals surface area contributed by atoms with Crippen molar-refractivity contribution in [1.29, 1.82) is 0 Å². The van der Waals surface area contributed by atoms with E-state index in [4.69, 9.17) is 10.3 Å². The summed E-state index contributed by atoms with van der Waals surface area (Å²) in [6.45, 7) is 1.94. The number of aryl methyl sites for hydroxylation is 1. The molecular weight excluding hydrogens is 206 g/mol. The van der Waals surface area contributed by atoms with Crippen LogP contribution in [0.1, 0.15) is 19.2 Å². The summed E-state index contributed by atoms with van der Waals surface area (Å²) in [5, 5.41) is 3.81. The van der Waals surface area contributed by atoms with Gasteiger partial charge in [-0.3, -0.25) is 0 Å². The van der Waals surface area contributed by atoms with Crippen molar-refractivity contribution in [3.8, 4) is 11.6 Å². The second-order valence-corrected chi connectivity index (χ2v) is 3.60. The minimum absolute atomic E-state index is 0.128. The van der Waals surface area contributed by atoms with Gasteiger partial charge in [-0.1, -0.05) is 5.16 Å². The van der Waals surface area contributed by atoms with Crippen molar-refractivity contribution >= 4 is 0 Å². The van der Waals surface area contributed by atoms with Crippen molar-refractivity contribution < 1.29 is 4.52 Å². The van der Waals surface area contributed by atoms with Crippen LogP contribution in [0.15, 0.2) is 23.0 Å². The van der Waals surface area contributed by atoms with Crippen molar-refractivity contribution in [2.45, 2.75) is 25.8 Å². The number of aromatic nitrogens is 4. The van der Waals surface area contributed by atoms with Gasteiger partial charge in [0.05, 0.1) is 0 Å². The average Bonchev–Trinajstić information content (AvgIpc) is 2.76. The standard InChI is InChI=1S/C10H13N5O/c1-7(11)3-4-8-14-10(15-16-8)9-12-5-2-6-13-9/h2,5-7H,3-4,11H2,1H3. The van der Waals surface area contributed by atoms with Crippen LogP contribution in [0, 0.1) is 0 Å². The fourth-order valence-electron chi connectivity index (χ4n) is 1.21. The first-order valence-electron chi connectivity index (χ1n) is 5.11. The SMILES string of the molecule is CC(N)CCc1nc(-c2ncccn2)no1. The van der Waals surface area contributed by atoms with Crippen LogP contribution in [0.25, 0.3) is 11.6 Å². The Bertz CT molecular complexity index is 439. The van der Waals surface area contributed by atoms with Gasteiger partial charge < -0.3 is 10.3 Å². The molecule has 1 unspecified atom stereocenters. The molecule has 0 aromatic carbocycles. The molecule has 2 aromatic heterocycles. The highest BCUT2D eigenvalue weighted by atomic mass is 16.5. The summed E-state index contributed by atoms with van der Waals surface area (Å²) in [7, 11) is 0. The van der Waals surface area contributed by atoms with Crippen LogP contribution < -0.4 is 5.73 Å². The molecule has 0 radical (unpaired) electrons. The summed E-state index contributed by atoms with van der Waals surface area (Å²) in [4.78, 5) is 12.3. The smallest absolute Gasteiger partial charge is 0.240 e. The van der Waals surface area contributed by atoms with Crippen molar-refractivity contribution in [3.63, 3.8) is 0 Å². The zero-order chi connectivity index (χ0) is 11.4. The highest BCUT2D eigenvalue weighted by Gasteiger charge is 2.10. The van der Waals surface area contributed by atoms with Gasteiger partial charge in [-0.05, 0) is 19.4 Å². The molecular formula is C10H13N5O. The molecule has 0 saturated heterocycles. The van der Waals surface area contributed by atoms with Crippen LogP contribution in [0.2, 0.25) is 0 Å². The Labute approximate surface area is 92.9 Å². The number of nitrogens with two attached hydrogens (primary N) is 1.